The molecule has 1 heterocycles. The molecule has 0 unspecified atom stereocenters. The van der Waals surface area contributed by atoms with E-state index < -0.39 is 6.03 Å². The van der Waals surface area contributed by atoms with Crippen LogP contribution in [0.15, 0.2) is 72.9 Å². The normalized spacial score (nSPS) is 10.2. The number of carbonyl (C=O) groups is 2. The number of pyridine rings is 1. The lowest BCUT2D eigenvalue weighted by atomic mass is 10.1. The molecule has 2 aromatic carbocycles. The van der Waals surface area contributed by atoms with Crippen molar-refractivity contribution in [3.05, 3.63) is 90.0 Å². The third kappa shape index (κ3) is 7.77. The van der Waals surface area contributed by atoms with Gasteiger partial charge in [-0.3, -0.25) is 9.78 Å². The number of ether oxygens (including phenoxy) is 1. The van der Waals surface area contributed by atoms with Crippen LogP contribution >= 0.6 is 0 Å². The summed E-state index contributed by atoms with van der Waals surface area (Å²) >= 11 is 0. The molecular weight excluding hydrogens is 399 g/mol. The van der Waals surface area contributed by atoms with Crippen molar-refractivity contribution < 1.29 is 18.7 Å². The quantitative estimate of drug-likeness (QED) is 0.462. The van der Waals surface area contributed by atoms with Crippen LogP contribution < -0.4 is 20.7 Å². The van der Waals surface area contributed by atoms with Gasteiger partial charge in [0.2, 0.25) is 5.91 Å². The summed E-state index contributed by atoms with van der Waals surface area (Å²) in [6, 6.07) is 18.1. The fraction of sp³-hybridized carbons (Fsp3) is 0.174. The van der Waals surface area contributed by atoms with Gasteiger partial charge in [0.1, 0.15) is 18.2 Å². The molecule has 0 aliphatic carbocycles. The Morgan fingerprint density at radius 3 is 2.58 bits per heavy atom. The fourth-order valence-corrected chi connectivity index (χ4v) is 2.75. The van der Waals surface area contributed by atoms with Crippen molar-refractivity contribution in [3.63, 3.8) is 0 Å². The SMILES string of the molecule is O=C(Cc1cccc(F)c1)NCCNC(=O)Nc1cccc(OCc2ccccn2)c1. The maximum absolute atomic E-state index is 13.1. The van der Waals surface area contributed by atoms with Gasteiger partial charge in [0.15, 0.2) is 0 Å². The van der Waals surface area contributed by atoms with Crippen LogP contribution in [0, 0.1) is 5.82 Å². The Morgan fingerprint density at radius 1 is 0.935 bits per heavy atom. The summed E-state index contributed by atoms with van der Waals surface area (Å²) in [4.78, 5) is 28.1. The van der Waals surface area contributed by atoms with E-state index in [2.05, 4.69) is 20.9 Å². The zero-order chi connectivity index (χ0) is 21.9. The second-order valence-electron chi connectivity index (χ2n) is 6.68. The zero-order valence-electron chi connectivity index (χ0n) is 16.8. The third-order valence-electron chi connectivity index (χ3n) is 4.19. The molecule has 0 spiro atoms. The highest BCUT2D eigenvalue weighted by Crippen LogP contribution is 2.18. The predicted molar refractivity (Wildman–Crippen MR) is 115 cm³/mol. The molecule has 0 bridgehead atoms. The summed E-state index contributed by atoms with van der Waals surface area (Å²) in [6.45, 7) is 0.831. The van der Waals surface area contributed by atoms with Crippen LogP contribution in [0.5, 0.6) is 5.75 Å². The van der Waals surface area contributed by atoms with E-state index >= 15 is 0 Å². The molecular formula is C23H23FN4O3. The van der Waals surface area contributed by atoms with Gasteiger partial charge in [-0.1, -0.05) is 24.3 Å². The molecule has 3 aromatic rings. The van der Waals surface area contributed by atoms with Gasteiger partial charge in [0.05, 0.1) is 12.1 Å². The predicted octanol–water partition coefficient (Wildman–Crippen LogP) is 3.28. The van der Waals surface area contributed by atoms with Gasteiger partial charge < -0.3 is 20.7 Å². The molecule has 3 N–H and O–H groups in total. The summed E-state index contributed by atoms with van der Waals surface area (Å²) in [6.07, 6.45) is 1.78. The minimum absolute atomic E-state index is 0.0786. The minimum atomic E-state index is -0.402. The first kappa shape index (κ1) is 21.8. The second-order valence-corrected chi connectivity index (χ2v) is 6.68. The van der Waals surface area contributed by atoms with E-state index in [0.29, 0.717) is 23.6 Å². The zero-order valence-corrected chi connectivity index (χ0v) is 16.8. The molecule has 8 heteroatoms. The van der Waals surface area contributed by atoms with E-state index in [4.69, 9.17) is 4.74 Å². The highest BCUT2D eigenvalue weighted by molar-refractivity contribution is 5.89. The van der Waals surface area contributed by atoms with Gasteiger partial charge in [0, 0.05) is 31.0 Å². The van der Waals surface area contributed by atoms with Gasteiger partial charge in [-0.05, 0) is 42.0 Å². The standard InChI is InChI=1S/C23H23FN4O3/c24-18-6-3-5-17(13-18)14-22(29)26-11-12-27-23(30)28-19-8-4-9-21(15-19)31-16-20-7-1-2-10-25-20/h1-10,13,15H,11-12,14,16H2,(H,26,29)(H2,27,28,30). The lowest BCUT2D eigenvalue weighted by Crippen LogP contribution is -2.37. The summed E-state index contributed by atoms with van der Waals surface area (Å²) in [5, 5.41) is 8.06. The van der Waals surface area contributed by atoms with E-state index in [1.165, 1.54) is 12.1 Å². The van der Waals surface area contributed by atoms with Crippen molar-refractivity contribution >= 4 is 17.6 Å². The minimum Gasteiger partial charge on any atom is -0.487 e. The molecule has 160 valence electrons. The molecule has 7 nitrogen and oxygen atoms in total. The fourth-order valence-electron chi connectivity index (χ4n) is 2.75. The molecule has 1 aromatic heterocycles. The highest BCUT2D eigenvalue weighted by Gasteiger charge is 2.06. The first-order chi connectivity index (χ1) is 15.1. The van der Waals surface area contributed by atoms with Gasteiger partial charge in [-0.2, -0.15) is 0 Å². The molecule has 3 rings (SSSR count). The summed E-state index contributed by atoms with van der Waals surface area (Å²) in [5.74, 6) is -0.0199. The number of hydrogen-bond donors (Lipinski definition) is 3. The number of amides is 3. The maximum atomic E-state index is 13.1. The van der Waals surface area contributed by atoms with Crippen molar-refractivity contribution in [1.29, 1.82) is 0 Å². The Labute approximate surface area is 179 Å². The number of nitrogens with one attached hydrogen (secondary N) is 3. The Bertz CT molecular complexity index is 1010. The lowest BCUT2D eigenvalue weighted by Gasteiger charge is -2.10. The van der Waals surface area contributed by atoms with E-state index in [-0.39, 0.29) is 31.2 Å². The topological polar surface area (TPSA) is 92.4 Å². The Morgan fingerprint density at radius 2 is 1.77 bits per heavy atom. The number of rotatable bonds is 9. The lowest BCUT2D eigenvalue weighted by molar-refractivity contribution is -0.120. The van der Waals surface area contributed by atoms with Crippen molar-refractivity contribution in [2.45, 2.75) is 13.0 Å². The van der Waals surface area contributed by atoms with Crippen LogP contribution in [0.2, 0.25) is 0 Å². The highest BCUT2D eigenvalue weighted by atomic mass is 19.1. The van der Waals surface area contributed by atoms with Gasteiger partial charge in [0.25, 0.3) is 0 Å². The first-order valence-electron chi connectivity index (χ1n) is 9.77. The van der Waals surface area contributed by atoms with Crippen LogP contribution in [0.3, 0.4) is 0 Å². The summed E-state index contributed by atoms with van der Waals surface area (Å²) in [7, 11) is 0. The molecule has 0 aliphatic heterocycles. The number of aromatic nitrogens is 1. The smallest absolute Gasteiger partial charge is 0.319 e. The molecule has 0 atom stereocenters. The molecule has 0 aliphatic rings. The van der Waals surface area contributed by atoms with Crippen LogP contribution in [0.25, 0.3) is 0 Å². The van der Waals surface area contributed by atoms with E-state index in [1.807, 2.05) is 18.2 Å². The largest absolute Gasteiger partial charge is 0.487 e. The molecule has 0 saturated heterocycles. The van der Waals surface area contributed by atoms with Crippen molar-refractivity contribution in [2.24, 2.45) is 0 Å². The molecule has 0 radical (unpaired) electrons. The molecule has 31 heavy (non-hydrogen) atoms. The number of hydrogen-bond acceptors (Lipinski definition) is 4. The van der Waals surface area contributed by atoms with Crippen LogP contribution in [0.4, 0.5) is 14.9 Å². The van der Waals surface area contributed by atoms with Gasteiger partial charge in [-0.25, -0.2) is 9.18 Å². The van der Waals surface area contributed by atoms with Crippen LogP contribution in [-0.4, -0.2) is 30.0 Å². The first-order valence-corrected chi connectivity index (χ1v) is 9.77. The number of carbonyl (C=O) groups excluding carboxylic acids is 2. The third-order valence-corrected chi connectivity index (χ3v) is 4.19. The number of urea groups is 1. The van der Waals surface area contributed by atoms with Gasteiger partial charge in [-0.15, -0.1) is 0 Å². The number of nitrogens with zero attached hydrogens (tertiary/aromatic N) is 1. The number of anilines is 1. The van der Waals surface area contributed by atoms with Crippen molar-refractivity contribution in [1.82, 2.24) is 15.6 Å². The average molecular weight is 422 g/mol. The Balaban J connectivity index is 1.36. The Kier molecular flexibility index (Phi) is 7.93. The molecule has 3 amide bonds. The second kappa shape index (κ2) is 11.3. The van der Waals surface area contributed by atoms with E-state index in [0.717, 1.165) is 5.69 Å². The van der Waals surface area contributed by atoms with Crippen molar-refractivity contribution in [3.8, 4) is 5.75 Å². The van der Waals surface area contributed by atoms with E-state index in [1.54, 1.807) is 42.6 Å². The monoisotopic (exact) mass is 422 g/mol. The maximum Gasteiger partial charge on any atom is 0.319 e. The molecule has 0 fully saturated rings. The number of halogens is 1. The van der Waals surface area contributed by atoms with Crippen molar-refractivity contribution in [2.75, 3.05) is 18.4 Å². The van der Waals surface area contributed by atoms with Gasteiger partial charge >= 0.3 is 6.03 Å². The molecule has 0 saturated carbocycles. The summed E-state index contributed by atoms with van der Waals surface area (Å²) < 4.78 is 18.8. The van der Waals surface area contributed by atoms with Crippen LogP contribution in [0.1, 0.15) is 11.3 Å². The van der Waals surface area contributed by atoms with E-state index in [9.17, 15) is 14.0 Å². The average Bonchev–Trinajstić information content (AvgIpc) is 2.76. The summed E-state index contributed by atoms with van der Waals surface area (Å²) in [5.41, 5.74) is 1.97. The Hall–Kier alpha value is -3.94. The number of benzene rings is 2. The van der Waals surface area contributed by atoms with Crippen LogP contribution in [-0.2, 0) is 17.8 Å².